The maximum Gasteiger partial charge on any atom is 0.305 e. The van der Waals surface area contributed by atoms with Crippen molar-refractivity contribution in [1.82, 2.24) is 14.7 Å². The van der Waals surface area contributed by atoms with E-state index in [2.05, 4.69) is 0 Å². The van der Waals surface area contributed by atoms with Crippen LogP contribution in [0.5, 0.6) is 5.06 Å². The van der Waals surface area contributed by atoms with Crippen LogP contribution in [0.4, 0.5) is 0 Å². The van der Waals surface area contributed by atoms with E-state index in [-0.39, 0.29) is 26.2 Å². The molecule has 1 aromatic heterocycles. The Bertz CT molecular complexity index is 1040. The van der Waals surface area contributed by atoms with Gasteiger partial charge >= 0.3 is 5.97 Å². The SMILES string of the molecule is CN(C)C(=N)c1ccc(CN2CCN(C(=O)COc3ccc(Cl)s3)C(CC(=O)O)C2=O)cc1. The van der Waals surface area contributed by atoms with Gasteiger partial charge in [0.2, 0.25) is 5.91 Å². The number of rotatable bonds is 8. The van der Waals surface area contributed by atoms with Crippen molar-refractivity contribution in [2.75, 3.05) is 33.8 Å². The quantitative estimate of drug-likeness (QED) is 0.432. The number of carbonyl (C=O) groups excluding carboxylic acids is 2. The summed E-state index contributed by atoms with van der Waals surface area (Å²) in [6, 6.07) is 9.49. The molecule has 1 saturated heterocycles. The molecule has 0 saturated carbocycles. The van der Waals surface area contributed by atoms with Crippen molar-refractivity contribution < 1.29 is 24.2 Å². The first kappa shape index (κ1) is 24.5. The van der Waals surface area contributed by atoms with Gasteiger partial charge in [0.05, 0.1) is 10.8 Å². The number of ether oxygens (including phenoxy) is 1. The molecule has 0 spiro atoms. The first-order chi connectivity index (χ1) is 15.7. The Labute approximate surface area is 200 Å². The van der Waals surface area contributed by atoms with Crippen molar-refractivity contribution in [2.45, 2.75) is 19.0 Å². The molecule has 0 aliphatic carbocycles. The van der Waals surface area contributed by atoms with Gasteiger partial charge < -0.3 is 24.5 Å². The fourth-order valence-corrected chi connectivity index (χ4v) is 4.37. The molecular formula is C22H25ClN4O5S. The van der Waals surface area contributed by atoms with E-state index in [9.17, 15) is 19.5 Å². The fourth-order valence-electron chi connectivity index (χ4n) is 3.49. The molecular weight excluding hydrogens is 468 g/mol. The van der Waals surface area contributed by atoms with Crippen LogP contribution in [0.2, 0.25) is 4.34 Å². The summed E-state index contributed by atoms with van der Waals surface area (Å²) in [6.45, 7) is 0.470. The van der Waals surface area contributed by atoms with E-state index in [1.165, 1.54) is 16.2 Å². The number of amides is 2. The van der Waals surface area contributed by atoms with Gasteiger partial charge in [-0.3, -0.25) is 19.8 Å². The number of piperazine rings is 1. The topological polar surface area (TPSA) is 114 Å². The lowest BCUT2D eigenvalue weighted by Crippen LogP contribution is -2.59. The lowest BCUT2D eigenvalue weighted by Gasteiger charge is -2.40. The van der Waals surface area contributed by atoms with E-state index in [0.717, 1.165) is 11.1 Å². The van der Waals surface area contributed by atoms with E-state index in [0.29, 0.717) is 15.2 Å². The Morgan fingerprint density at radius 3 is 2.48 bits per heavy atom. The van der Waals surface area contributed by atoms with E-state index in [4.69, 9.17) is 21.7 Å². The summed E-state index contributed by atoms with van der Waals surface area (Å²) in [5.41, 5.74) is 1.60. The van der Waals surface area contributed by atoms with Crippen molar-refractivity contribution >= 4 is 46.6 Å². The Morgan fingerprint density at radius 1 is 1.21 bits per heavy atom. The lowest BCUT2D eigenvalue weighted by atomic mass is 10.1. The zero-order valence-electron chi connectivity index (χ0n) is 18.3. The Kier molecular flexibility index (Phi) is 7.93. The predicted octanol–water partition coefficient (Wildman–Crippen LogP) is 2.38. The highest BCUT2D eigenvalue weighted by Crippen LogP contribution is 2.28. The molecule has 1 unspecified atom stereocenters. The molecule has 0 bridgehead atoms. The molecule has 1 aliphatic rings. The van der Waals surface area contributed by atoms with E-state index >= 15 is 0 Å². The average Bonchev–Trinajstić information content (AvgIpc) is 3.19. The third-order valence-corrected chi connectivity index (χ3v) is 6.35. The van der Waals surface area contributed by atoms with Crippen LogP contribution in [0.3, 0.4) is 0 Å². The third-order valence-electron chi connectivity index (χ3n) is 5.21. The highest BCUT2D eigenvalue weighted by Gasteiger charge is 2.38. The molecule has 1 aromatic carbocycles. The number of carbonyl (C=O) groups is 3. The molecule has 9 nitrogen and oxygen atoms in total. The molecule has 11 heteroatoms. The van der Waals surface area contributed by atoms with Gasteiger partial charge in [0, 0.05) is 39.3 Å². The zero-order valence-corrected chi connectivity index (χ0v) is 19.9. The van der Waals surface area contributed by atoms with Gasteiger partial charge in [-0.2, -0.15) is 0 Å². The van der Waals surface area contributed by atoms with Crippen LogP contribution >= 0.6 is 22.9 Å². The number of nitrogens with zero attached hydrogens (tertiary/aromatic N) is 3. The standard InChI is InChI=1S/C22H25ClN4O5S/c1-25(2)21(24)15-5-3-14(4-6-15)12-26-9-10-27(16(22(26)31)11-19(29)30)18(28)13-32-20-8-7-17(23)33-20/h3-8,16,24H,9-13H2,1-2H3,(H,29,30). The molecule has 2 aromatic rings. The first-order valence-corrected chi connectivity index (χ1v) is 11.4. The summed E-state index contributed by atoms with van der Waals surface area (Å²) in [5, 5.41) is 17.8. The van der Waals surface area contributed by atoms with Crippen LogP contribution in [0, 0.1) is 5.41 Å². The maximum atomic E-state index is 13.1. The van der Waals surface area contributed by atoms with Gasteiger partial charge in [0.25, 0.3) is 5.91 Å². The summed E-state index contributed by atoms with van der Waals surface area (Å²) >= 11 is 7.04. The smallest absolute Gasteiger partial charge is 0.305 e. The molecule has 0 radical (unpaired) electrons. The van der Waals surface area contributed by atoms with Gasteiger partial charge in [-0.05, 0) is 17.7 Å². The van der Waals surface area contributed by atoms with Crippen molar-refractivity contribution in [2.24, 2.45) is 0 Å². The van der Waals surface area contributed by atoms with Gasteiger partial charge in [0.15, 0.2) is 11.7 Å². The number of halogens is 1. The third kappa shape index (κ3) is 6.23. The number of hydrogen-bond donors (Lipinski definition) is 2. The zero-order chi connectivity index (χ0) is 24.1. The van der Waals surface area contributed by atoms with Crippen molar-refractivity contribution in [3.63, 3.8) is 0 Å². The molecule has 2 amide bonds. The summed E-state index contributed by atoms with van der Waals surface area (Å²) < 4.78 is 5.97. The largest absolute Gasteiger partial charge is 0.481 e. The van der Waals surface area contributed by atoms with Crippen LogP contribution < -0.4 is 4.74 Å². The second-order valence-electron chi connectivity index (χ2n) is 7.75. The summed E-state index contributed by atoms with van der Waals surface area (Å²) in [5.74, 6) is -1.66. The molecule has 1 fully saturated rings. The van der Waals surface area contributed by atoms with E-state index < -0.39 is 30.2 Å². The van der Waals surface area contributed by atoms with Gasteiger partial charge in [-0.15, -0.1) is 0 Å². The second kappa shape index (κ2) is 10.7. The molecule has 2 N–H and O–H groups in total. The van der Waals surface area contributed by atoms with Gasteiger partial charge in [-0.1, -0.05) is 47.2 Å². The van der Waals surface area contributed by atoms with Crippen LogP contribution in [-0.4, -0.2) is 83.3 Å². The van der Waals surface area contributed by atoms with Crippen molar-refractivity contribution in [3.8, 4) is 5.06 Å². The molecule has 1 atom stereocenters. The molecule has 3 rings (SSSR count). The highest BCUT2D eigenvalue weighted by atomic mass is 35.5. The number of carboxylic acids is 1. The van der Waals surface area contributed by atoms with Crippen LogP contribution in [0.25, 0.3) is 0 Å². The Morgan fingerprint density at radius 2 is 1.91 bits per heavy atom. The van der Waals surface area contributed by atoms with E-state index in [1.807, 2.05) is 24.3 Å². The monoisotopic (exact) mass is 492 g/mol. The van der Waals surface area contributed by atoms with Crippen LogP contribution in [0.15, 0.2) is 36.4 Å². The van der Waals surface area contributed by atoms with E-state index in [1.54, 1.807) is 36.0 Å². The van der Waals surface area contributed by atoms with Gasteiger partial charge in [0.1, 0.15) is 11.9 Å². The first-order valence-electron chi connectivity index (χ1n) is 10.2. The minimum atomic E-state index is -1.16. The number of aliphatic carboxylic acids is 1. The normalized spacial score (nSPS) is 16.0. The predicted molar refractivity (Wildman–Crippen MR) is 125 cm³/mol. The van der Waals surface area contributed by atoms with Crippen molar-refractivity contribution in [1.29, 1.82) is 5.41 Å². The number of amidine groups is 1. The number of thiophene rings is 1. The maximum absolute atomic E-state index is 13.1. The number of hydrogen-bond acceptors (Lipinski definition) is 6. The fraction of sp³-hybridized carbons (Fsp3) is 0.364. The van der Waals surface area contributed by atoms with Crippen molar-refractivity contribution in [3.05, 3.63) is 51.9 Å². The Balaban J connectivity index is 1.67. The number of carboxylic acid groups (broad SMARTS) is 1. The Hall–Kier alpha value is -3.11. The highest BCUT2D eigenvalue weighted by molar-refractivity contribution is 7.17. The van der Waals surface area contributed by atoms with Crippen LogP contribution in [-0.2, 0) is 20.9 Å². The number of nitrogens with one attached hydrogen (secondary N) is 1. The minimum Gasteiger partial charge on any atom is -0.481 e. The summed E-state index contributed by atoms with van der Waals surface area (Å²) in [4.78, 5) is 41.8. The number of benzene rings is 1. The lowest BCUT2D eigenvalue weighted by molar-refractivity contribution is -0.156. The molecule has 1 aliphatic heterocycles. The molecule has 33 heavy (non-hydrogen) atoms. The van der Waals surface area contributed by atoms with Crippen LogP contribution in [0.1, 0.15) is 17.5 Å². The summed E-state index contributed by atoms with van der Waals surface area (Å²) in [6.07, 6.45) is -0.481. The molecule has 176 valence electrons. The summed E-state index contributed by atoms with van der Waals surface area (Å²) in [7, 11) is 3.58. The molecule has 2 heterocycles. The minimum absolute atomic E-state index is 0.209. The second-order valence-corrected chi connectivity index (χ2v) is 9.43. The van der Waals surface area contributed by atoms with Gasteiger partial charge in [-0.25, -0.2) is 0 Å². The average molecular weight is 493 g/mol.